The Hall–Kier alpha value is -2.18. The molecule has 2 aromatic rings. The summed E-state index contributed by atoms with van der Waals surface area (Å²) in [6.07, 6.45) is 0.263. The van der Waals surface area contributed by atoms with E-state index in [-0.39, 0.29) is 12.1 Å². The highest BCUT2D eigenvalue weighted by molar-refractivity contribution is 6.30. The predicted molar refractivity (Wildman–Crippen MR) is 92.4 cm³/mol. The number of aromatic nitrogens is 2. The number of aliphatic hydroxyl groups is 1. The first-order valence-corrected chi connectivity index (χ1v) is 8.17. The molecule has 1 heterocycles. The topological polar surface area (TPSA) is 95.1 Å². The largest absolute Gasteiger partial charge is 0.387 e. The second-order valence-electron chi connectivity index (χ2n) is 5.34. The lowest BCUT2D eigenvalue weighted by Crippen LogP contribution is -2.35. The number of amides is 1. The number of rotatable bonds is 6. The zero-order chi connectivity index (χ0) is 17.7. The Morgan fingerprint density at radius 2 is 1.96 bits per heavy atom. The standard InChI is InChI=1S/C17H20ClN3O3/c1-3-12-13(4-2)20-21-17(24)15(12)16(23)19-9-14(22)10-5-7-11(18)8-6-10/h5-8,14,22H,3-4,9H2,1-2H3,(H,19,23)(H,21,24). The molecule has 0 fully saturated rings. The van der Waals surface area contributed by atoms with E-state index in [0.29, 0.717) is 34.7 Å². The van der Waals surface area contributed by atoms with E-state index >= 15 is 0 Å². The molecule has 1 aromatic carbocycles. The third-order valence-electron chi connectivity index (χ3n) is 3.80. The van der Waals surface area contributed by atoms with E-state index in [9.17, 15) is 14.7 Å². The monoisotopic (exact) mass is 349 g/mol. The Morgan fingerprint density at radius 3 is 2.54 bits per heavy atom. The van der Waals surface area contributed by atoms with Gasteiger partial charge >= 0.3 is 0 Å². The van der Waals surface area contributed by atoms with Crippen molar-refractivity contribution in [1.82, 2.24) is 15.5 Å². The molecule has 0 bridgehead atoms. The lowest BCUT2D eigenvalue weighted by Gasteiger charge is -2.14. The number of benzene rings is 1. The molecular formula is C17H20ClN3O3. The fraction of sp³-hybridized carbons (Fsp3) is 0.353. The van der Waals surface area contributed by atoms with Gasteiger partial charge in [0.05, 0.1) is 11.8 Å². The minimum Gasteiger partial charge on any atom is -0.387 e. The van der Waals surface area contributed by atoms with Crippen molar-refractivity contribution in [3.63, 3.8) is 0 Å². The summed E-state index contributed by atoms with van der Waals surface area (Å²) in [6.45, 7) is 3.77. The smallest absolute Gasteiger partial charge is 0.277 e. The summed E-state index contributed by atoms with van der Waals surface area (Å²) in [7, 11) is 0. The molecule has 24 heavy (non-hydrogen) atoms. The fourth-order valence-electron chi connectivity index (χ4n) is 2.52. The van der Waals surface area contributed by atoms with E-state index in [1.165, 1.54) is 0 Å². The summed E-state index contributed by atoms with van der Waals surface area (Å²) < 4.78 is 0. The van der Waals surface area contributed by atoms with E-state index in [0.717, 1.165) is 0 Å². The number of nitrogens with one attached hydrogen (secondary N) is 2. The van der Waals surface area contributed by atoms with Crippen LogP contribution in [0.5, 0.6) is 0 Å². The van der Waals surface area contributed by atoms with Crippen LogP contribution < -0.4 is 10.9 Å². The Bertz CT molecular complexity index is 772. The maximum atomic E-state index is 12.4. The molecule has 3 N–H and O–H groups in total. The zero-order valence-electron chi connectivity index (χ0n) is 13.6. The summed E-state index contributed by atoms with van der Waals surface area (Å²) in [5, 5.41) is 19.7. The average molecular weight is 350 g/mol. The Kier molecular flexibility index (Phi) is 6.11. The molecule has 2 rings (SSSR count). The van der Waals surface area contributed by atoms with Crippen LogP contribution in [0.1, 0.15) is 47.1 Å². The van der Waals surface area contributed by atoms with Crippen LogP contribution >= 0.6 is 11.6 Å². The summed E-state index contributed by atoms with van der Waals surface area (Å²) >= 11 is 5.81. The number of aliphatic hydroxyl groups excluding tert-OH is 1. The van der Waals surface area contributed by atoms with Crippen molar-refractivity contribution in [3.8, 4) is 0 Å². The molecule has 128 valence electrons. The number of hydrogen-bond donors (Lipinski definition) is 3. The van der Waals surface area contributed by atoms with Gasteiger partial charge in [-0.05, 0) is 36.1 Å². The van der Waals surface area contributed by atoms with Crippen LogP contribution in [0.25, 0.3) is 0 Å². The SMILES string of the molecule is CCc1n[nH]c(=O)c(C(=O)NCC(O)c2ccc(Cl)cc2)c1CC. The highest BCUT2D eigenvalue weighted by Crippen LogP contribution is 2.16. The fourth-order valence-corrected chi connectivity index (χ4v) is 2.64. The number of halogens is 1. The van der Waals surface area contributed by atoms with Gasteiger partial charge in [0, 0.05) is 11.6 Å². The van der Waals surface area contributed by atoms with Crippen molar-refractivity contribution in [2.75, 3.05) is 6.54 Å². The van der Waals surface area contributed by atoms with Crippen LogP contribution in [0.3, 0.4) is 0 Å². The molecule has 0 aliphatic carbocycles. The van der Waals surface area contributed by atoms with Crippen LogP contribution in [0, 0.1) is 0 Å². The molecule has 0 spiro atoms. The van der Waals surface area contributed by atoms with Crippen molar-refractivity contribution in [1.29, 1.82) is 0 Å². The van der Waals surface area contributed by atoms with Crippen LogP contribution in [0.2, 0.25) is 5.02 Å². The third kappa shape index (κ3) is 4.01. The van der Waals surface area contributed by atoms with Gasteiger partial charge in [0.1, 0.15) is 5.56 Å². The number of aromatic amines is 1. The Morgan fingerprint density at radius 1 is 1.29 bits per heavy atom. The molecule has 0 aliphatic rings. The first-order chi connectivity index (χ1) is 11.5. The lowest BCUT2D eigenvalue weighted by atomic mass is 10.0. The number of carbonyl (C=O) groups excluding carboxylic acids is 1. The Labute approximate surface area is 144 Å². The number of hydrogen-bond acceptors (Lipinski definition) is 4. The number of aryl methyl sites for hydroxylation is 1. The van der Waals surface area contributed by atoms with Gasteiger partial charge in [-0.3, -0.25) is 9.59 Å². The van der Waals surface area contributed by atoms with Gasteiger partial charge in [0.15, 0.2) is 0 Å². The van der Waals surface area contributed by atoms with Gasteiger partial charge in [0.2, 0.25) is 0 Å². The van der Waals surface area contributed by atoms with Gasteiger partial charge in [-0.25, -0.2) is 5.10 Å². The molecule has 0 radical (unpaired) electrons. The first-order valence-electron chi connectivity index (χ1n) is 7.80. The quantitative estimate of drug-likeness (QED) is 0.743. The highest BCUT2D eigenvalue weighted by Gasteiger charge is 2.19. The second-order valence-corrected chi connectivity index (χ2v) is 5.77. The molecule has 1 atom stereocenters. The second kappa shape index (κ2) is 8.08. The van der Waals surface area contributed by atoms with Gasteiger partial charge in [0.25, 0.3) is 11.5 Å². The third-order valence-corrected chi connectivity index (χ3v) is 4.05. The van der Waals surface area contributed by atoms with E-state index in [4.69, 9.17) is 11.6 Å². The van der Waals surface area contributed by atoms with E-state index in [1.54, 1.807) is 24.3 Å². The van der Waals surface area contributed by atoms with E-state index in [2.05, 4.69) is 15.5 Å². The minimum atomic E-state index is -0.886. The number of carbonyl (C=O) groups is 1. The highest BCUT2D eigenvalue weighted by atomic mass is 35.5. The van der Waals surface area contributed by atoms with Crippen molar-refractivity contribution in [2.24, 2.45) is 0 Å². The summed E-state index contributed by atoms with van der Waals surface area (Å²) in [5.41, 5.74) is 1.50. The summed E-state index contributed by atoms with van der Waals surface area (Å²) in [6, 6.07) is 6.70. The van der Waals surface area contributed by atoms with Crippen molar-refractivity contribution >= 4 is 17.5 Å². The molecule has 1 aromatic heterocycles. The van der Waals surface area contributed by atoms with Crippen molar-refractivity contribution in [2.45, 2.75) is 32.8 Å². The van der Waals surface area contributed by atoms with Crippen molar-refractivity contribution < 1.29 is 9.90 Å². The average Bonchev–Trinajstić information content (AvgIpc) is 2.59. The van der Waals surface area contributed by atoms with Crippen LogP contribution in [-0.2, 0) is 12.8 Å². The number of nitrogens with zero attached hydrogens (tertiary/aromatic N) is 1. The maximum Gasteiger partial charge on any atom is 0.277 e. The van der Waals surface area contributed by atoms with Crippen LogP contribution in [0.4, 0.5) is 0 Å². The normalized spacial score (nSPS) is 12.0. The van der Waals surface area contributed by atoms with E-state index in [1.807, 2.05) is 13.8 Å². The minimum absolute atomic E-state index is 0.00710. The summed E-state index contributed by atoms with van der Waals surface area (Å²) in [4.78, 5) is 24.4. The summed E-state index contributed by atoms with van der Waals surface area (Å²) in [5.74, 6) is -0.516. The lowest BCUT2D eigenvalue weighted by molar-refractivity contribution is 0.0913. The molecule has 0 saturated carbocycles. The molecule has 1 unspecified atom stereocenters. The molecular weight excluding hydrogens is 330 g/mol. The van der Waals surface area contributed by atoms with Gasteiger partial charge in [-0.2, -0.15) is 5.10 Å². The van der Waals surface area contributed by atoms with Crippen LogP contribution in [0.15, 0.2) is 29.1 Å². The van der Waals surface area contributed by atoms with Crippen LogP contribution in [-0.4, -0.2) is 27.8 Å². The zero-order valence-corrected chi connectivity index (χ0v) is 14.4. The molecule has 0 aliphatic heterocycles. The number of H-pyrrole nitrogens is 1. The van der Waals surface area contributed by atoms with Gasteiger partial charge < -0.3 is 10.4 Å². The van der Waals surface area contributed by atoms with Gasteiger partial charge in [-0.15, -0.1) is 0 Å². The predicted octanol–water partition coefficient (Wildman–Crippen LogP) is 2.01. The van der Waals surface area contributed by atoms with Crippen molar-refractivity contribution in [3.05, 3.63) is 62.0 Å². The van der Waals surface area contributed by atoms with E-state index < -0.39 is 17.6 Å². The molecule has 1 amide bonds. The Balaban J connectivity index is 2.15. The van der Waals surface area contributed by atoms with Gasteiger partial charge in [-0.1, -0.05) is 37.6 Å². The molecule has 6 nitrogen and oxygen atoms in total. The molecule has 0 saturated heterocycles. The first kappa shape index (κ1) is 18.2. The molecule has 7 heteroatoms. The maximum absolute atomic E-state index is 12.4.